The van der Waals surface area contributed by atoms with Crippen LogP contribution in [0.3, 0.4) is 0 Å². The lowest BCUT2D eigenvalue weighted by atomic mass is 10.1. The quantitative estimate of drug-likeness (QED) is 0.732. The number of phenols is 1. The summed E-state index contributed by atoms with van der Waals surface area (Å²) in [7, 11) is 0. The van der Waals surface area contributed by atoms with E-state index in [0.29, 0.717) is 41.8 Å². The van der Waals surface area contributed by atoms with Crippen molar-refractivity contribution in [1.29, 1.82) is 0 Å². The molecule has 0 saturated carbocycles. The minimum Gasteiger partial charge on any atom is -0.506 e. The van der Waals surface area contributed by atoms with Crippen molar-refractivity contribution in [1.82, 2.24) is 10.2 Å². The number of nitrogens with one attached hydrogen (secondary N) is 1. The Kier molecular flexibility index (Phi) is 2.45. The van der Waals surface area contributed by atoms with Crippen LogP contribution < -0.4 is 15.2 Å². The number of aromatic hydroxyl groups is 1. The van der Waals surface area contributed by atoms with Gasteiger partial charge in [0.2, 0.25) is 0 Å². The van der Waals surface area contributed by atoms with Gasteiger partial charge < -0.3 is 20.3 Å². The third-order valence-corrected chi connectivity index (χ3v) is 2.91. The van der Waals surface area contributed by atoms with E-state index in [4.69, 9.17) is 26.8 Å². The molecule has 2 heterocycles. The van der Waals surface area contributed by atoms with E-state index in [2.05, 4.69) is 10.2 Å². The van der Waals surface area contributed by atoms with Gasteiger partial charge in [-0.25, -0.2) is 0 Å². The van der Waals surface area contributed by atoms with Gasteiger partial charge in [0.15, 0.2) is 11.5 Å². The number of ether oxygens (including phenoxy) is 2. The highest BCUT2D eigenvalue weighted by molar-refractivity contribution is 6.32. The number of anilines is 1. The third-order valence-electron chi connectivity index (χ3n) is 2.63. The lowest BCUT2D eigenvalue weighted by Gasteiger charge is -2.21. The molecule has 0 aliphatic carbocycles. The van der Waals surface area contributed by atoms with Crippen molar-refractivity contribution >= 4 is 17.4 Å². The van der Waals surface area contributed by atoms with Crippen LogP contribution in [-0.4, -0.2) is 28.5 Å². The topological polar surface area (TPSA) is 93.4 Å². The van der Waals surface area contributed by atoms with Gasteiger partial charge in [0.25, 0.3) is 0 Å². The summed E-state index contributed by atoms with van der Waals surface area (Å²) in [6.45, 7) is 0.851. The predicted molar refractivity (Wildman–Crippen MR) is 66.1 cm³/mol. The second kappa shape index (κ2) is 3.99. The fourth-order valence-corrected chi connectivity index (χ4v) is 2.05. The Balaban J connectivity index is 2.26. The molecule has 94 valence electrons. The van der Waals surface area contributed by atoms with Gasteiger partial charge >= 0.3 is 0 Å². The number of hydrogen-bond acceptors (Lipinski definition) is 5. The van der Waals surface area contributed by atoms with Gasteiger partial charge in [0.1, 0.15) is 24.8 Å². The number of fused-ring (bicyclic) bond motifs is 1. The molecule has 1 aromatic heterocycles. The molecule has 6 nitrogen and oxygen atoms in total. The number of benzene rings is 1. The third kappa shape index (κ3) is 1.62. The molecule has 2 aromatic rings. The van der Waals surface area contributed by atoms with Crippen molar-refractivity contribution in [3.63, 3.8) is 0 Å². The van der Waals surface area contributed by atoms with Crippen molar-refractivity contribution in [3.8, 4) is 28.5 Å². The predicted octanol–water partition coefficient (Wildman–Crippen LogP) is 1.79. The minimum atomic E-state index is -0.0930. The Morgan fingerprint density at radius 3 is 2.83 bits per heavy atom. The first-order valence-corrected chi connectivity index (χ1v) is 5.67. The van der Waals surface area contributed by atoms with Gasteiger partial charge in [-0.15, -0.1) is 0 Å². The maximum Gasteiger partial charge on any atom is 0.174 e. The molecule has 1 aliphatic rings. The van der Waals surface area contributed by atoms with Crippen LogP contribution in [-0.2, 0) is 0 Å². The van der Waals surface area contributed by atoms with Crippen LogP contribution in [0.1, 0.15) is 0 Å². The number of aromatic amines is 1. The summed E-state index contributed by atoms with van der Waals surface area (Å²) in [4.78, 5) is 0. The highest BCUT2D eigenvalue weighted by atomic mass is 35.5. The minimum absolute atomic E-state index is 0.0930. The van der Waals surface area contributed by atoms with Crippen molar-refractivity contribution in [2.75, 3.05) is 18.9 Å². The van der Waals surface area contributed by atoms with Crippen molar-refractivity contribution < 1.29 is 14.6 Å². The van der Waals surface area contributed by atoms with E-state index in [-0.39, 0.29) is 10.8 Å². The number of phenolic OH excluding ortho intramolecular Hbond substituents is 1. The maximum absolute atomic E-state index is 10.1. The van der Waals surface area contributed by atoms with Crippen LogP contribution in [0.15, 0.2) is 12.1 Å². The van der Waals surface area contributed by atoms with E-state index in [0.717, 1.165) is 0 Å². The van der Waals surface area contributed by atoms with Crippen LogP contribution in [0.5, 0.6) is 17.2 Å². The molecule has 0 atom stereocenters. The zero-order chi connectivity index (χ0) is 12.7. The van der Waals surface area contributed by atoms with E-state index >= 15 is 0 Å². The van der Waals surface area contributed by atoms with E-state index in [9.17, 15) is 5.11 Å². The van der Waals surface area contributed by atoms with Crippen LogP contribution in [0.2, 0.25) is 5.02 Å². The molecular formula is C11H10ClN3O3. The zero-order valence-electron chi connectivity index (χ0n) is 9.24. The molecule has 0 radical (unpaired) electrons. The molecule has 1 aromatic carbocycles. The molecular weight excluding hydrogens is 258 g/mol. The van der Waals surface area contributed by atoms with Gasteiger partial charge in [0.05, 0.1) is 16.3 Å². The Morgan fingerprint density at radius 2 is 2.11 bits per heavy atom. The number of rotatable bonds is 1. The first-order valence-electron chi connectivity index (χ1n) is 5.29. The highest BCUT2D eigenvalue weighted by Crippen LogP contribution is 2.48. The summed E-state index contributed by atoms with van der Waals surface area (Å²) >= 11 is 5.96. The standard InChI is InChI=1S/C11H10ClN3O3/c12-5-3-7-11(18-2-1-17-7)9(10(5)16)6-4-8(13)15-14-6/h3-4,16H,1-2H2,(H3,13,14,15). The first kappa shape index (κ1) is 11.0. The summed E-state index contributed by atoms with van der Waals surface area (Å²) < 4.78 is 11.0. The molecule has 0 spiro atoms. The zero-order valence-corrected chi connectivity index (χ0v) is 9.99. The number of H-pyrrole nitrogens is 1. The van der Waals surface area contributed by atoms with Gasteiger partial charge in [-0.2, -0.15) is 5.10 Å². The molecule has 0 bridgehead atoms. The molecule has 1 aliphatic heterocycles. The Hall–Kier alpha value is -2.08. The molecule has 18 heavy (non-hydrogen) atoms. The monoisotopic (exact) mass is 267 g/mol. The summed E-state index contributed by atoms with van der Waals surface area (Å²) in [5, 5.41) is 16.8. The van der Waals surface area contributed by atoms with E-state index in [1.807, 2.05) is 0 Å². The fourth-order valence-electron chi connectivity index (χ4n) is 1.86. The number of aromatic nitrogens is 2. The van der Waals surface area contributed by atoms with Gasteiger partial charge in [0, 0.05) is 12.1 Å². The highest BCUT2D eigenvalue weighted by Gasteiger charge is 2.24. The average molecular weight is 268 g/mol. The van der Waals surface area contributed by atoms with Crippen LogP contribution in [0.4, 0.5) is 5.82 Å². The fraction of sp³-hybridized carbons (Fsp3) is 0.182. The largest absolute Gasteiger partial charge is 0.506 e. The SMILES string of the molecule is Nc1cc(-c2c(O)c(Cl)cc3c2OCCO3)[nH]n1. The molecule has 7 heteroatoms. The number of nitrogens with two attached hydrogens (primary N) is 1. The number of nitrogens with zero attached hydrogens (tertiary/aromatic N) is 1. The second-order valence-corrected chi connectivity index (χ2v) is 4.22. The summed E-state index contributed by atoms with van der Waals surface area (Å²) in [5.74, 6) is 1.15. The van der Waals surface area contributed by atoms with Crippen LogP contribution >= 0.6 is 11.6 Å². The molecule has 0 fully saturated rings. The summed E-state index contributed by atoms with van der Waals surface area (Å²) in [6, 6.07) is 3.11. The van der Waals surface area contributed by atoms with E-state index in [1.54, 1.807) is 6.07 Å². The average Bonchev–Trinajstić information content (AvgIpc) is 2.77. The van der Waals surface area contributed by atoms with Crippen molar-refractivity contribution in [3.05, 3.63) is 17.2 Å². The van der Waals surface area contributed by atoms with E-state index in [1.165, 1.54) is 6.07 Å². The van der Waals surface area contributed by atoms with Crippen LogP contribution in [0.25, 0.3) is 11.3 Å². The molecule has 0 unspecified atom stereocenters. The lowest BCUT2D eigenvalue weighted by molar-refractivity contribution is 0.172. The Labute approximate surface area is 107 Å². The Bertz CT molecular complexity index is 612. The van der Waals surface area contributed by atoms with Crippen molar-refractivity contribution in [2.45, 2.75) is 0 Å². The maximum atomic E-state index is 10.1. The molecule has 3 rings (SSSR count). The van der Waals surface area contributed by atoms with E-state index < -0.39 is 0 Å². The first-order chi connectivity index (χ1) is 8.66. The number of nitrogen functional groups attached to an aromatic ring is 1. The number of hydrogen-bond donors (Lipinski definition) is 3. The summed E-state index contributed by atoms with van der Waals surface area (Å²) in [6.07, 6.45) is 0. The smallest absolute Gasteiger partial charge is 0.174 e. The van der Waals surface area contributed by atoms with Gasteiger partial charge in [-0.3, -0.25) is 5.10 Å². The normalized spacial score (nSPS) is 13.6. The van der Waals surface area contributed by atoms with Crippen LogP contribution in [0, 0.1) is 0 Å². The molecule has 0 saturated heterocycles. The molecule has 0 amide bonds. The lowest BCUT2D eigenvalue weighted by Crippen LogP contribution is -2.16. The van der Waals surface area contributed by atoms with Gasteiger partial charge in [-0.05, 0) is 0 Å². The second-order valence-electron chi connectivity index (χ2n) is 3.81. The summed E-state index contributed by atoms with van der Waals surface area (Å²) in [5.41, 5.74) is 6.48. The van der Waals surface area contributed by atoms with Crippen molar-refractivity contribution in [2.24, 2.45) is 0 Å². The Morgan fingerprint density at radius 1 is 1.33 bits per heavy atom. The number of halogens is 1. The molecule has 4 N–H and O–H groups in total. The van der Waals surface area contributed by atoms with Gasteiger partial charge in [-0.1, -0.05) is 11.6 Å².